The van der Waals surface area contributed by atoms with Gasteiger partial charge in [0.15, 0.2) is 5.96 Å². The highest BCUT2D eigenvalue weighted by Gasteiger charge is 2.50. The van der Waals surface area contributed by atoms with Crippen LogP contribution in [0.1, 0.15) is 84.1 Å². The molecule has 204 valence electrons. The van der Waals surface area contributed by atoms with E-state index in [9.17, 15) is 19.5 Å². The SMILES string of the molecule is CC(C)C[C@]1(c2ccccc2)NC(=N)N(CCCC(C)NC(=O)C(CC2CCCCC2)NC(=O)O)C1=O. The first-order chi connectivity index (χ1) is 17.6. The van der Waals surface area contributed by atoms with Crippen LogP contribution in [0, 0.1) is 17.2 Å². The maximum Gasteiger partial charge on any atom is 0.405 e. The first kappa shape index (κ1) is 28.5. The fourth-order valence-corrected chi connectivity index (χ4v) is 5.76. The molecule has 0 spiro atoms. The molecular formula is C28H43N5O4. The molecule has 0 radical (unpaired) electrons. The molecule has 1 saturated carbocycles. The molecule has 1 heterocycles. The van der Waals surface area contributed by atoms with Crippen molar-refractivity contribution in [2.24, 2.45) is 11.8 Å². The van der Waals surface area contributed by atoms with Crippen molar-refractivity contribution in [3.63, 3.8) is 0 Å². The quantitative estimate of drug-likeness (QED) is 0.286. The van der Waals surface area contributed by atoms with Crippen LogP contribution in [-0.4, -0.2) is 52.5 Å². The van der Waals surface area contributed by atoms with Crippen LogP contribution < -0.4 is 16.0 Å². The highest BCUT2D eigenvalue weighted by atomic mass is 16.4. The number of carboxylic acid groups (broad SMARTS) is 1. The number of nitrogens with zero attached hydrogens (tertiary/aromatic N) is 1. The van der Waals surface area contributed by atoms with Crippen LogP contribution in [0.15, 0.2) is 30.3 Å². The summed E-state index contributed by atoms with van der Waals surface area (Å²) >= 11 is 0. The van der Waals surface area contributed by atoms with Gasteiger partial charge in [-0.15, -0.1) is 0 Å². The maximum absolute atomic E-state index is 13.6. The van der Waals surface area contributed by atoms with Crippen molar-refractivity contribution >= 4 is 23.9 Å². The molecule has 1 aliphatic carbocycles. The van der Waals surface area contributed by atoms with Crippen molar-refractivity contribution in [1.82, 2.24) is 20.9 Å². The smallest absolute Gasteiger partial charge is 0.405 e. The zero-order chi connectivity index (χ0) is 27.0. The number of rotatable bonds is 12. The lowest BCUT2D eigenvalue weighted by atomic mass is 9.82. The fraction of sp³-hybridized carbons (Fsp3) is 0.643. The van der Waals surface area contributed by atoms with Crippen molar-refractivity contribution < 1.29 is 19.5 Å². The van der Waals surface area contributed by atoms with Crippen LogP contribution in [0.5, 0.6) is 0 Å². The van der Waals surface area contributed by atoms with E-state index < -0.39 is 17.7 Å². The second-order valence-corrected chi connectivity index (χ2v) is 11.1. The summed E-state index contributed by atoms with van der Waals surface area (Å²) in [6.07, 6.45) is 6.65. The Morgan fingerprint density at radius 2 is 1.81 bits per heavy atom. The van der Waals surface area contributed by atoms with Crippen molar-refractivity contribution in [2.75, 3.05) is 6.54 Å². The van der Waals surface area contributed by atoms with Crippen LogP contribution in [0.4, 0.5) is 4.79 Å². The van der Waals surface area contributed by atoms with E-state index >= 15 is 0 Å². The van der Waals surface area contributed by atoms with Crippen LogP contribution in [0.2, 0.25) is 0 Å². The first-order valence-corrected chi connectivity index (χ1v) is 13.7. The van der Waals surface area contributed by atoms with E-state index in [0.29, 0.717) is 38.1 Å². The number of amides is 3. The molecule has 2 aliphatic rings. The van der Waals surface area contributed by atoms with Gasteiger partial charge in [0.2, 0.25) is 5.91 Å². The summed E-state index contributed by atoms with van der Waals surface area (Å²) in [4.78, 5) is 39.3. The Bertz CT molecular complexity index is 947. The summed E-state index contributed by atoms with van der Waals surface area (Å²) in [6.45, 7) is 6.39. The van der Waals surface area contributed by atoms with Gasteiger partial charge in [0, 0.05) is 12.6 Å². The lowest BCUT2D eigenvalue weighted by Crippen LogP contribution is -2.49. The average Bonchev–Trinajstić information content (AvgIpc) is 3.09. The summed E-state index contributed by atoms with van der Waals surface area (Å²) < 4.78 is 0. The van der Waals surface area contributed by atoms with Crippen molar-refractivity contribution in [3.8, 4) is 0 Å². The zero-order valence-electron chi connectivity index (χ0n) is 22.4. The van der Waals surface area contributed by atoms with E-state index in [1.807, 2.05) is 37.3 Å². The first-order valence-electron chi connectivity index (χ1n) is 13.7. The van der Waals surface area contributed by atoms with E-state index in [0.717, 1.165) is 31.2 Å². The predicted octanol–water partition coefficient (Wildman–Crippen LogP) is 4.19. The molecule has 9 heteroatoms. The monoisotopic (exact) mass is 513 g/mol. The molecule has 0 aromatic heterocycles. The van der Waals surface area contributed by atoms with Gasteiger partial charge in [0.05, 0.1) is 0 Å². The largest absolute Gasteiger partial charge is 0.465 e. The van der Waals surface area contributed by atoms with E-state index in [-0.39, 0.29) is 29.7 Å². The van der Waals surface area contributed by atoms with Crippen LogP contribution >= 0.6 is 0 Å². The Hall–Kier alpha value is -3.10. The molecule has 2 unspecified atom stereocenters. The fourth-order valence-electron chi connectivity index (χ4n) is 5.76. The molecule has 1 aliphatic heterocycles. The minimum absolute atomic E-state index is 0.101. The normalized spacial score (nSPS) is 22.0. The second-order valence-electron chi connectivity index (χ2n) is 11.1. The van der Waals surface area contributed by atoms with Gasteiger partial charge in [-0.3, -0.25) is 19.9 Å². The number of hydrogen-bond donors (Lipinski definition) is 5. The molecule has 0 bridgehead atoms. The van der Waals surface area contributed by atoms with E-state index in [1.54, 1.807) is 0 Å². The van der Waals surface area contributed by atoms with Gasteiger partial charge in [0.25, 0.3) is 5.91 Å². The Morgan fingerprint density at radius 1 is 1.14 bits per heavy atom. The summed E-state index contributed by atoms with van der Waals surface area (Å²) in [5.41, 5.74) is -0.0854. The number of benzene rings is 1. The van der Waals surface area contributed by atoms with Gasteiger partial charge < -0.3 is 21.1 Å². The molecule has 1 aromatic carbocycles. The molecule has 37 heavy (non-hydrogen) atoms. The molecule has 1 saturated heterocycles. The summed E-state index contributed by atoms with van der Waals surface area (Å²) in [6, 6.07) is 8.63. The molecule has 1 aromatic rings. The maximum atomic E-state index is 13.6. The highest BCUT2D eigenvalue weighted by molar-refractivity contribution is 6.08. The Balaban J connectivity index is 1.55. The number of guanidine groups is 1. The van der Waals surface area contributed by atoms with E-state index in [2.05, 4.69) is 29.8 Å². The van der Waals surface area contributed by atoms with Crippen molar-refractivity contribution in [1.29, 1.82) is 5.41 Å². The lowest BCUT2D eigenvalue weighted by Gasteiger charge is -2.29. The lowest BCUT2D eigenvalue weighted by molar-refractivity contribution is -0.132. The number of carbonyl (C=O) groups is 3. The molecule has 3 atom stereocenters. The average molecular weight is 514 g/mol. The van der Waals surface area contributed by atoms with Crippen LogP contribution in [0.3, 0.4) is 0 Å². The van der Waals surface area contributed by atoms with Gasteiger partial charge in [-0.2, -0.15) is 0 Å². The predicted molar refractivity (Wildman–Crippen MR) is 143 cm³/mol. The molecule has 3 rings (SSSR count). The Morgan fingerprint density at radius 3 is 2.43 bits per heavy atom. The Labute approximate surface area is 220 Å². The van der Waals surface area contributed by atoms with Crippen LogP contribution in [-0.2, 0) is 15.1 Å². The molecule has 3 amide bonds. The number of hydrogen-bond acceptors (Lipinski definition) is 4. The molecule has 5 N–H and O–H groups in total. The topological polar surface area (TPSA) is 135 Å². The van der Waals surface area contributed by atoms with Crippen molar-refractivity contribution in [3.05, 3.63) is 35.9 Å². The van der Waals surface area contributed by atoms with Gasteiger partial charge in [-0.25, -0.2) is 4.79 Å². The van der Waals surface area contributed by atoms with Gasteiger partial charge in [-0.05, 0) is 50.0 Å². The second kappa shape index (κ2) is 12.9. The number of nitrogens with one attached hydrogen (secondary N) is 4. The zero-order valence-corrected chi connectivity index (χ0v) is 22.4. The minimum atomic E-state index is -1.19. The third kappa shape index (κ3) is 7.46. The van der Waals surface area contributed by atoms with Gasteiger partial charge in [-0.1, -0.05) is 76.3 Å². The van der Waals surface area contributed by atoms with Gasteiger partial charge >= 0.3 is 6.09 Å². The summed E-state index contributed by atoms with van der Waals surface area (Å²) in [5, 5.41) is 26.3. The van der Waals surface area contributed by atoms with E-state index in [4.69, 9.17) is 5.41 Å². The molecular weight excluding hydrogens is 470 g/mol. The Kier molecular flexibility index (Phi) is 9.94. The van der Waals surface area contributed by atoms with Crippen LogP contribution in [0.25, 0.3) is 0 Å². The van der Waals surface area contributed by atoms with Crippen molar-refractivity contribution in [2.45, 2.75) is 96.2 Å². The third-order valence-electron chi connectivity index (χ3n) is 7.51. The third-order valence-corrected chi connectivity index (χ3v) is 7.51. The molecule has 9 nitrogen and oxygen atoms in total. The minimum Gasteiger partial charge on any atom is -0.465 e. The standard InChI is InChI=1S/C28H43N5O4/c1-19(2)18-28(22-14-8-5-9-15-22)25(35)33(26(29)32-28)16-10-11-20(3)30-24(34)23(31-27(36)37)17-21-12-6-4-7-13-21/h5,8-9,14-15,19-21,23,31H,4,6-7,10-13,16-18H2,1-3H3,(H2,29,32)(H,30,34)(H,36,37)/t20?,23?,28-/m1/s1. The molecule has 2 fully saturated rings. The van der Waals surface area contributed by atoms with E-state index in [1.165, 1.54) is 11.3 Å². The summed E-state index contributed by atoms with van der Waals surface area (Å²) in [7, 11) is 0. The number of carbonyl (C=O) groups excluding carboxylic acids is 2. The van der Waals surface area contributed by atoms with Gasteiger partial charge in [0.1, 0.15) is 11.6 Å². The summed E-state index contributed by atoms with van der Waals surface area (Å²) in [5.74, 6) is 0.298. The highest BCUT2D eigenvalue weighted by Crippen LogP contribution is 2.35.